The summed E-state index contributed by atoms with van der Waals surface area (Å²) in [4.78, 5) is 43.4. The van der Waals surface area contributed by atoms with Crippen molar-refractivity contribution in [2.45, 2.75) is 24.4 Å². The summed E-state index contributed by atoms with van der Waals surface area (Å²) in [5.74, 6) is -0.115. The van der Waals surface area contributed by atoms with E-state index < -0.39 is 12.1 Å². The van der Waals surface area contributed by atoms with Crippen molar-refractivity contribution in [1.29, 1.82) is 5.26 Å². The van der Waals surface area contributed by atoms with Crippen LogP contribution in [0.4, 0.5) is 15.3 Å². The first-order chi connectivity index (χ1) is 15.9. The summed E-state index contributed by atoms with van der Waals surface area (Å²) in [5, 5.41) is 12.0. The van der Waals surface area contributed by atoms with E-state index in [-0.39, 0.29) is 64.8 Å². The Balaban J connectivity index is 1.28. The van der Waals surface area contributed by atoms with Gasteiger partial charge in [-0.3, -0.25) is 9.69 Å². The summed E-state index contributed by atoms with van der Waals surface area (Å²) in [6.07, 6.45) is 0.752. The number of carbonyl (C=O) groups is 3. The molecule has 0 unspecified atom stereocenters. The zero-order valence-electron chi connectivity index (χ0n) is 17.4. The number of hydrogen-bond acceptors (Lipinski definition) is 4. The Labute approximate surface area is 200 Å². The minimum Gasteiger partial charge on any atom is -0.320 e. The molecule has 3 atom stereocenters. The van der Waals surface area contributed by atoms with E-state index in [2.05, 4.69) is 5.32 Å². The van der Waals surface area contributed by atoms with Gasteiger partial charge in [-0.25, -0.2) is 9.59 Å². The maximum atomic E-state index is 13.1. The van der Waals surface area contributed by atoms with Gasteiger partial charge in [0.1, 0.15) is 6.04 Å². The van der Waals surface area contributed by atoms with E-state index in [1.54, 1.807) is 4.90 Å². The predicted octanol–water partition coefficient (Wildman–Crippen LogP) is 3.90. The molecule has 1 saturated carbocycles. The lowest BCUT2D eigenvalue weighted by molar-refractivity contribution is -0.129. The fourth-order valence-corrected chi connectivity index (χ4v) is 5.16. The van der Waals surface area contributed by atoms with Gasteiger partial charge in [0, 0.05) is 25.0 Å². The number of anilines is 1. The number of rotatable bonds is 3. The first kappa shape index (κ1) is 21.6. The molecule has 3 aliphatic rings. The highest BCUT2D eigenvalue weighted by molar-refractivity contribution is 6.40. The van der Waals surface area contributed by atoms with E-state index in [9.17, 15) is 14.4 Å². The van der Waals surface area contributed by atoms with Gasteiger partial charge in [-0.05, 0) is 24.1 Å². The van der Waals surface area contributed by atoms with Crippen LogP contribution < -0.4 is 5.32 Å². The predicted molar refractivity (Wildman–Crippen MR) is 122 cm³/mol. The Morgan fingerprint density at radius 2 is 1.79 bits per heavy atom. The van der Waals surface area contributed by atoms with Gasteiger partial charge >= 0.3 is 12.1 Å². The molecule has 2 aromatic rings. The van der Waals surface area contributed by atoms with Crippen LogP contribution >= 0.6 is 23.2 Å². The van der Waals surface area contributed by atoms with Gasteiger partial charge in [0.05, 0.1) is 33.9 Å². The topological polar surface area (TPSA) is 96.8 Å². The van der Waals surface area contributed by atoms with Gasteiger partial charge in [0.25, 0.3) is 5.91 Å². The maximum Gasteiger partial charge on any atom is 0.327 e. The van der Waals surface area contributed by atoms with E-state index in [0.717, 1.165) is 12.0 Å². The van der Waals surface area contributed by atoms with Crippen LogP contribution in [0.5, 0.6) is 0 Å². The van der Waals surface area contributed by atoms with Gasteiger partial charge in [0.15, 0.2) is 0 Å². The van der Waals surface area contributed by atoms with Crippen molar-refractivity contribution in [2.75, 3.05) is 25.0 Å². The molecule has 2 aliphatic heterocycles. The number of nitrogens with one attached hydrogen (secondary N) is 1. The second-order valence-electron chi connectivity index (χ2n) is 8.32. The number of amides is 5. The van der Waals surface area contributed by atoms with Crippen molar-refractivity contribution in [1.82, 2.24) is 14.7 Å². The molecule has 8 nitrogen and oxygen atoms in total. The number of nitriles is 1. The van der Waals surface area contributed by atoms with Crippen LogP contribution in [0, 0.1) is 11.3 Å². The van der Waals surface area contributed by atoms with E-state index in [1.807, 2.05) is 36.4 Å². The first-order valence-electron chi connectivity index (χ1n) is 10.5. The number of fused-ring (bicyclic) bond motifs is 1. The number of halogens is 2. The van der Waals surface area contributed by atoms with Crippen LogP contribution in [0.3, 0.4) is 0 Å². The Kier molecular flexibility index (Phi) is 5.39. The Morgan fingerprint density at radius 1 is 1.09 bits per heavy atom. The number of imide groups is 1. The van der Waals surface area contributed by atoms with E-state index in [0.29, 0.717) is 0 Å². The van der Waals surface area contributed by atoms with Gasteiger partial charge in [0.2, 0.25) is 0 Å². The Morgan fingerprint density at radius 3 is 2.45 bits per heavy atom. The number of urea groups is 2. The molecule has 0 radical (unpaired) electrons. The third-order valence-electron chi connectivity index (χ3n) is 6.36. The number of piperazine rings is 1. The fourth-order valence-electron chi connectivity index (χ4n) is 4.57. The highest BCUT2D eigenvalue weighted by atomic mass is 35.5. The second kappa shape index (κ2) is 8.25. The minimum atomic E-state index is -0.707. The zero-order valence-corrected chi connectivity index (χ0v) is 18.9. The van der Waals surface area contributed by atoms with Gasteiger partial charge in [-0.1, -0.05) is 53.5 Å². The standard InChI is InChI=1S/C23H19Cl2N5O3/c24-16-8-13(11-26)9-17(25)20(16)27-22(32)28-6-7-29-19(12-28)21(31)30(23(29)33)18-10-15(18)14-4-2-1-3-5-14/h1-5,8-9,15,18-19H,6-7,10,12H2,(H,27,32)/t15-,18+,19-/m0/s1. The smallest absolute Gasteiger partial charge is 0.320 e. The molecule has 168 valence electrons. The molecule has 1 N–H and O–H groups in total. The van der Waals surface area contributed by atoms with Crippen molar-refractivity contribution in [3.63, 3.8) is 0 Å². The third-order valence-corrected chi connectivity index (χ3v) is 6.96. The maximum absolute atomic E-state index is 13.1. The molecule has 0 bridgehead atoms. The molecule has 0 spiro atoms. The largest absolute Gasteiger partial charge is 0.327 e. The number of hydrogen-bond donors (Lipinski definition) is 1. The lowest BCUT2D eigenvalue weighted by atomic mass is 10.1. The zero-order chi connectivity index (χ0) is 23.3. The van der Waals surface area contributed by atoms with Crippen molar-refractivity contribution in [3.05, 3.63) is 63.6 Å². The average Bonchev–Trinajstić information content (AvgIpc) is 3.57. The quantitative estimate of drug-likeness (QED) is 0.669. The molecule has 5 amide bonds. The highest BCUT2D eigenvalue weighted by Gasteiger charge is 2.56. The Hall–Kier alpha value is -3.28. The van der Waals surface area contributed by atoms with Crippen LogP contribution in [0.1, 0.15) is 23.5 Å². The molecule has 1 aliphatic carbocycles. The summed E-state index contributed by atoms with van der Waals surface area (Å²) in [6, 6.07) is 13.0. The summed E-state index contributed by atoms with van der Waals surface area (Å²) < 4.78 is 0. The lowest BCUT2D eigenvalue weighted by Gasteiger charge is -2.35. The van der Waals surface area contributed by atoms with Crippen LogP contribution in [0.2, 0.25) is 10.0 Å². The summed E-state index contributed by atoms with van der Waals surface area (Å²) in [7, 11) is 0. The molecule has 2 aromatic carbocycles. The monoisotopic (exact) mass is 483 g/mol. The van der Waals surface area contributed by atoms with Crippen LogP contribution in [-0.2, 0) is 4.79 Å². The summed E-state index contributed by atoms with van der Waals surface area (Å²) >= 11 is 12.3. The van der Waals surface area contributed by atoms with Gasteiger partial charge in [-0.15, -0.1) is 0 Å². The summed E-state index contributed by atoms with van der Waals surface area (Å²) in [5.41, 5.74) is 1.59. The number of benzene rings is 2. The first-order valence-corrected chi connectivity index (χ1v) is 11.3. The highest BCUT2D eigenvalue weighted by Crippen LogP contribution is 2.47. The van der Waals surface area contributed by atoms with Crippen LogP contribution in [0.25, 0.3) is 0 Å². The molecule has 3 fully saturated rings. The van der Waals surface area contributed by atoms with Gasteiger partial charge < -0.3 is 15.1 Å². The molecule has 5 rings (SSSR count). The van der Waals surface area contributed by atoms with Crippen molar-refractivity contribution in [2.24, 2.45) is 0 Å². The number of nitrogens with zero attached hydrogens (tertiary/aromatic N) is 4. The Bertz CT molecular complexity index is 1180. The molecule has 0 aromatic heterocycles. The summed E-state index contributed by atoms with van der Waals surface area (Å²) in [6.45, 7) is 0.616. The molecule has 2 heterocycles. The molecular weight excluding hydrogens is 465 g/mol. The molecular formula is C23H19Cl2N5O3. The second-order valence-corrected chi connectivity index (χ2v) is 9.14. The van der Waals surface area contributed by atoms with Gasteiger partial charge in [-0.2, -0.15) is 5.26 Å². The molecule has 33 heavy (non-hydrogen) atoms. The van der Waals surface area contributed by atoms with Crippen molar-refractivity contribution in [3.8, 4) is 6.07 Å². The van der Waals surface area contributed by atoms with E-state index >= 15 is 0 Å². The average molecular weight is 484 g/mol. The van der Waals surface area contributed by atoms with Crippen LogP contribution in [-0.4, -0.2) is 64.4 Å². The van der Waals surface area contributed by atoms with Crippen molar-refractivity contribution < 1.29 is 14.4 Å². The lowest BCUT2D eigenvalue weighted by Crippen LogP contribution is -2.55. The molecule has 10 heteroatoms. The SMILES string of the molecule is N#Cc1cc(Cl)c(NC(=O)N2CCN3C(=O)N([C@@H]4C[C@H]4c4ccccc4)C(=O)[C@@H]3C2)c(Cl)c1. The number of carbonyl (C=O) groups excluding carboxylic acids is 3. The molecule has 2 saturated heterocycles. The van der Waals surface area contributed by atoms with E-state index in [1.165, 1.54) is 21.9 Å². The third kappa shape index (κ3) is 3.77. The normalized spacial score (nSPS) is 23.9. The van der Waals surface area contributed by atoms with E-state index in [4.69, 9.17) is 28.5 Å². The fraction of sp³-hybridized carbons (Fsp3) is 0.304. The van der Waals surface area contributed by atoms with Crippen molar-refractivity contribution >= 4 is 46.9 Å². The minimum absolute atomic E-state index is 0.0845. The van der Waals surface area contributed by atoms with Crippen LogP contribution in [0.15, 0.2) is 42.5 Å².